The summed E-state index contributed by atoms with van der Waals surface area (Å²) in [5.74, 6) is 1.63. The standard InChI is InChI=1S/C12H24ClNO/c1-2-9-15-10-8-14-7-3-4-12(11-14)5-6-13/h12H,2-11H2,1H3. The summed E-state index contributed by atoms with van der Waals surface area (Å²) in [7, 11) is 0. The Morgan fingerprint density at radius 2 is 2.27 bits per heavy atom. The van der Waals surface area contributed by atoms with E-state index in [9.17, 15) is 0 Å². The van der Waals surface area contributed by atoms with Crippen molar-refractivity contribution in [3.05, 3.63) is 0 Å². The topological polar surface area (TPSA) is 12.5 Å². The van der Waals surface area contributed by atoms with Crippen molar-refractivity contribution in [2.24, 2.45) is 5.92 Å². The smallest absolute Gasteiger partial charge is 0.0593 e. The molecule has 1 fully saturated rings. The average Bonchev–Trinajstić information content (AvgIpc) is 2.26. The number of ether oxygens (including phenoxy) is 1. The van der Waals surface area contributed by atoms with E-state index in [0.717, 1.165) is 38.0 Å². The summed E-state index contributed by atoms with van der Waals surface area (Å²) >= 11 is 5.78. The van der Waals surface area contributed by atoms with Gasteiger partial charge in [0, 0.05) is 25.6 Å². The minimum absolute atomic E-state index is 0.810. The second-order valence-electron chi connectivity index (χ2n) is 4.40. The molecule has 1 heterocycles. The molecule has 1 unspecified atom stereocenters. The zero-order chi connectivity index (χ0) is 10.9. The maximum Gasteiger partial charge on any atom is 0.0593 e. The van der Waals surface area contributed by atoms with E-state index in [1.807, 2.05) is 0 Å². The second-order valence-corrected chi connectivity index (χ2v) is 4.78. The molecule has 0 aromatic carbocycles. The van der Waals surface area contributed by atoms with Gasteiger partial charge in [-0.25, -0.2) is 0 Å². The Kier molecular flexibility index (Phi) is 7.41. The highest BCUT2D eigenvalue weighted by Gasteiger charge is 2.18. The molecule has 1 atom stereocenters. The molecule has 0 spiro atoms. The molecule has 0 aromatic heterocycles. The highest BCUT2D eigenvalue weighted by Crippen LogP contribution is 2.19. The Bertz CT molecular complexity index is 153. The third kappa shape index (κ3) is 5.74. The lowest BCUT2D eigenvalue weighted by Gasteiger charge is -2.32. The van der Waals surface area contributed by atoms with Crippen LogP contribution in [0.4, 0.5) is 0 Å². The minimum Gasteiger partial charge on any atom is -0.380 e. The number of likely N-dealkylation sites (tertiary alicyclic amines) is 1. The number of hydrogen-bond donors (Lipinski definition) is 0. The number of alkyl halides is 1. The van der Waals surface area contributed by atoms with Crippen LogP contribution in [0.5, 0.6) is 0 Å². The first-order valence-electron chi connectivity index (χ1n) is 6.23. The third-order valence-electron chi connectivity index (χ3n) is 3.02. The van der Waals surface area contributed by atoms with Gasteiger partial charge in [0.15, 0.2) is 0 Å². The predicted molar refractivity (Wildman–Crippen MR) is 65.6 cm³/mol. The van der Waals surface area contributed by atoms with Crippen LogP contribution in [0, 0.1) is 5.92 Å². The van der Waals surface area contributed by atoms with Gasteiger partial charge in [0.1, 0.15) is 0 Å². The van der Waals surface area contributed by atoms with Crippen LogP contribution >= 0.6 is 11.6 Å². The largest absolute Gasteiger partial charge is 0.380 e. The van der Waals surface area contributed by atoms with Crippen LogP contribution in [-0.4, -0.2) is 43.6 Å². The van der Waals surface area contributed by atoms with Gasteiger partial charge in [0.05, 0.1) is 6.61 Å². The molecular formula is C12H24ClNO. The van der Waals surface area contributed by atoms with Crippen molar-refractivity contribution in [3.8, 4) is 0 Å². The van der Waals surface area contributed by atoms with Crippen LogP contribution in [0.15, 0.2) is 0 Å². The molecular weight excluding hydrogens is 210 g/mol. The van der Waals surface area contributed by atoms with E-state index in [2.05, 4.69) is 11.8 Å². The van der Waals surface area contributed by atoms with Gasteiger partial charge in [-0.1, -0.05) is 6.92 Å². The Morgan fingerprint density at radius 3 is 3.00 bits per heavy atom. The fourth-order valence-electron chi connectivity index (χ4n) is 2.18. The van der Waals surface area contributed by atoms with Crippen molar-refractivity contribution in [2.75, 3.05) is 38.7 Å². The van der Waals surface area contributed by atoms with Gasteiger partial charge in [-0.15, -0.1) is 11.6 Å². The monoisotopic (exact) mass is 233 g/mol. The van der Waals surface area contributed by atoms with Crippen molar-refractivity contribution >= 4 is 11.6 Å². The molecule has 2 nitrogen and oxygen atoms in total. The molecule has 0 N–H and O–H groups in total. The molecule has 90 valence electrons. The second kappa shape index (κ2) is 8.37. The van der Waals surface area contributed by atoms with Crippen LogP contribution in [-0.2, 0) is 4.74 Å². The Labute approximate surface area is 98.9 Å². The van der Waals surface area contributed by atoms with E-state index in [4.69, 9.17) is 16.3 Å². The van der Waals surface area contributed by atoms with Gasteiger partial charge in [-0.2, -0.15) is 0 Å². The summed E-state index contributed by atoms with van der Waals surface area (Å²) in [5.41, 5.74) is 0. The van der Waals surface area contributed by atoms with E-state index in [-0.39, 0.29) is 0 Å². The van der Waals surface area contributed by atoms with Crippen LogP contribution in [0.3, 0.4) is 0 Å². The maximum atomic E-state index is 5.78. The molecule has 0 saturated carbocycles. The molecule has 0 amide bonds. The van der Waals surface area contributed by atoms with Crippen LogP contribution < -0.4 is 0 Å². The van der Waals surface area contributed by atoms with Crippen LogP contribution in [0.1, 0.15) is 32.6 Å². The van der Waals surface area contributed by atoms with E-state index in [0.29, 0.717) is 0 Å². The van der Waals surface area contributed by atoms with Gasteiger partial charge in [0.2, 0.25) is 0 Å². The lowest BCUT2D eigenvalue weighted by Crippen LogP contribution is -2.37. The molecule has 1 saturated heterocycles. The molecule has 15 heavy (non-hydrogen) atoms. The first-order chi connectivity index (χ1) is 7.36. The number of hydrogen-bond acceptors (Lipinski definition) is 2. The van der Waals surface area contributed by atoms with E-state index < -0.39 is 0 Å². The summed E-state index contributed by atoms with van der Waals surface area (Å²) in [6, 6.07) is 0. The number of piperidine rings is 1. The van der Waals surface area contributed by atoms with Gasteiger partial charge in [-0.05, 0) is 38.1 Å². The van der Waals surface area contributed by atoms with Gasteiger partial charge in [0.25, 0.3) is 0 Å². The summed E-state index contributed by atoms with van der Waals surface area (Å²) in [6.45, 7) is 7.51. The van der Waals surface area contributed by atoms with E-state index in [1.54, 1.807) is 0 Å². The first-order valence-corrected chi connectivity index (χ1v) is 6.76. The lowest BCUT2D eigenvalue weighted by molar-refractivity contribution is 0.0847. The van der Waals surface area contributed by atoms with Gasteiger partial charge >= 0.3 is 0 Å². The molecule has 3 heteroatoms. The van der Waals surface area contributed by atoms with Crippen molar-refractivity contribution < 1.29 is 4.74 Å². The molecule has 1 aliphatic heterocycles. The normalized spacial score (nSPS) is 23.2. The Balaban J connectivity index is 2.07. The third-order valence-corrected chi connectivity index (χ3v) is 3.24. The highest BCUT2D eigenvalue weighted by molar-refractivity contribution is 6.17. The Morgan fingerprint density at radius 1 is 1.40 bits per heavy atom. The van der Waals surface area contributed by atoms with Crippen molar-refractivity contribution in [1.82, 2.24) is 4.90 Å². The summed E-state index contributed by atoms with van der Waals surface area (Å²) in [6.07, 6.45) is 4.98. The number of halogens is 1. The van der Waals surface area contributed by atoms with E-state index >= 15 is 0 Å². The zero-order valence-electron chi connectivity index (χ0n) is 9.88. The van der Waals surface area contributed by atoms with Gasteiger partial charge in [-0.3, -0.25) is 0 Å². The first kappa shape index (κ1) is 13.3. The maximum absolute atomic E-state index is 5.78. The Hall–Kier alpha value is 0.210. The molecule has 0 radical (unpaired) electrons. The van der Waals surface area contributed by atoms with Crippen LogP contribution in [0.25, 0.3) is 0 Å². The fraction of sp³-hybridized carbons (Fsp3) is 1.00. The summed E-state index contributed by atoms with van der Waals surface area (Å²) in [4.78, 5) is 2.52. The highest BCUT2D eigenvalue weighted by atomic mass is 35.5. The summed E-state index contributed by atoms with van der Waals surface area (Å²) in [5, 5.41) is 0. The fourth-order valence-corrected chi connectivity index (χ4v) is 2.49. The molecule has 0 aromatic rings. The SMILES string of the molecule is CCCOCCN1CCCC(CCCl)C1. The minimum atomic E-state index is 0.810. The molecule has 1 aliphatic rings. The lowest BCUT2D eigenvalue weighted by atomic mass is 9.96. The predicted octanol–water partition coefficient (Wildman–Crippen LogP) is 2.75. The van der Waals surface area contributed by atoms with Crippen LogP contribution in [0.2, 0.25) is 0 Å². The van der Waals surface area contributed by atoms with Crippen molar-refractivity contribution in [3.63, 3.8) is 0 Å². The molecule has 1 rings (SSSR count). The van der Waals surface area contributed by atoms with Crippen molar-refractivity contribution in [1.29, 1.82) is 0 Å². The molecule has 0 bridgehead atoms. The number of nitrogens with zero attached hydrogens (tertiary/aromatic N) is 1. The van der Waals surface area contributed by atoms with Crippen molar-refractivity contribution in [2.45, 2.75) is 32.6 Å². The average molecular weight is 234 g/mol. The zero-order valence-corrected chi connectivity index (χ0v) is 10.6. The quantitative estimate of drug-likeness (QED) is 0.495. The molecule has 0 aliphatic carbocycles. The van der Waals surface area contributed by atoms with E-state index in [1.165, 1.54) is 32.4 Å². The summed E-state index contributed by atoms with van der Waals surface area (Å²) < 4.78 is 5.51. The van der Waals surface area contributed by atoms with Gasteiger partial charge < -0.3 is 9.64 Å². The number of rotatable bonds is 7.